The maximum absolute atomic E-state index is 12.1. The van der Waals surface area contributed by atoms with E-state index in [1.807, 2.05) is 30.0 Å². The maximum Gasteiger partial charge on any atom is 0.335 e. The van der Waals surface area contributed by atoms with Gasteiger partial charge in [-0.15, -0.1) is 11.8 Å². The predicted molar refractivity (Wildman–Crippen MR) is 94.4 cm³/mol. The topological polar surface area (TPSA) is 66.4 Å². The van der Waals surface area contributed by atoms with E-state index >= 15 is 0 Å². The smallest absolute Gasteiger partial charge is 0.335 e. The van der Waals surface area contributed by atoms with E-state index in [9.17, 15) is 9.59 Å². The summed E-state index contributed by atoms with van der Waals surface area (Å²) in [5.74, 6) is -0.988. The molecule has 24 heavy (non-hydrogen) atoms. The lowest BCUT2D eigenvalue weighted by molar-refractivity contribution is -0.120. The van der Waals surface area contributed by atoms with E-state index in [0.29, 0.717) is 6.54 Å². The summed E-state index contributed by atoms with van der Waals surface area (Å²) in [6, 6.07) is 16.7. The van der Waals surface area contributed by atoms with Crippen LogP contribution in [0.25, 0.3) is 0 Å². The van der Waals surface area contributed by atoms with E-state index in [2.05, 4.69) is 17.4 Å². The fraction of sp³-hybridized carbons (Fsp3) is 0.263. The molecule has 1 aliphatic carbocycles. The molecule has 1 amide bonds. The minimum Gasteiger partial charge on any atom is -0.478 e. The van der Waals surface area contributed by atoms with E-state index in [1.54, 1.807) is 12.1 Å². The van der Waals surface area contributed by atoms with Crippen molar-refractivity contribution in [3.8, 4) is 0 Å². The summed E-state index contributed by atoms with van der Waals surface area (Å²) in [7, 11) is 0. The summed E-state index contributed by atoms with van der Waals surface area (Å²) in [6.45, 7) is 0.665. The van der Waals surface area contributed by atoms with Gasteiger partial charge in [0.15, 0.2) is 0 Å². The molecular weight excluding hydrogens is 322 g/mol. The summed E-state index contributed by atoms with van der Waals surface area (Å²) in [6.07, 6.45) is 2.49. The van der Waals surface area contributed by atoms with Gasteiger partial charge in [-0.05, 0) is 42.7 Å². The fourth-order valence-corrected chi connectivity index (χ4v) is 3.71. The first-order valence-corrected chi connectivity index (χ1v) is 8.71. The molecule has 0 radical (unpaired) electrons. The number of benzene rings is 2. The van der Waals surface area contributed by atoms with Gasteiger partial charge in [-0.25, -0.2) is 4.79 Å². The quantitative estimate of drug-likeness (QED) is 0.810. The molecule has 0 bridgehead atoms. The number of hydrogen-bond acceptors (Lipinski definition) is 3. The van der Waals surface area contributed by atoms with E-state index in [1.165, 1.54) is 17.0 Å². The Morgan fingerprint density at radius 3 is 2.29 bits per heavy atom. The standard InChI is InChI=1S/C19H19NO3S/c21-17(12-14-6-8-15(9-7-14)18(22)23)20-13-19(10-11-19)24-16-4-2-1-3-5-16/h1-9H,10-13H2,(H,20,21)(H,22,23). The molecular formula is C19H19NO3S. The Morgan fingerprint density at radius 1 is 1.04 bits per heavy atom. The second-order valence-electron chi connectivity index (χ2n) is 6.05. The van der Waals surface area contributed by atoms with Crippen LogP contribution in [0, 0.1) is 0 Å². The highest BCUT2D eigenvalue weighted by Gasteiger charge is 2.43. The first-order valence-electron chi connectivity index (χ1n) is 7.89. The lowest BCUT2D eigenvalue weighted by Gasteiger charge is -2.15. The molecule has 124 valence electrons. The van der Waals surface area contributed by atoms with Gasteiger partial charge in [-0.3, -0.25) is 4.79 Å². The van der Waals surface area contributed by atoms with Crippen LogP contribution < -0.4 is 5.32 Å². The number of rotatable bonds is 7. The van der Waals surface area contributed by atoms with Crippen LogP contribution in [0.3, 0.4) is 0 Å². The number of carbonyl (C=O) groups is 2. The van der Waals surface area contributed by atoms with Crippen LogP contribution in [-0.4, -0.2) is 28.3 Å². The number of amides is 1. The second kappa shape index (κ2) is 7.09. The number of carboxylic acids is 1. The van der Waals surface area contributed by atoms with Gasteiger partial charge in [0.25, 0.3) is 0 Å². The molecule has 1 aliphatic rings. The highest BCUT2D eigenvalue weighted by molar-refractivity contribution is 8.01. The summed E-state index contributed by atoms with van der Waals surface area (Å²) in [5.41, 5.74) is 1.05. The van der Waals surface area contributed by atoms with E-state index < -0.39 is 5.97 Å². The molecule has 0 atom stereocenters. The van der Waals surface area contributed by atoms with Gasteiger partial charge < -0.3 is 10.4 Å². The zero-order valence-corrected chi connectivity index (χ0v) is 14.0. The first-order chi connectivity index (χ1) is 11.6. The SMILES string of the molecule is O=C(Cc1ccc(C(=O)O)cc1)NCC1(Sc2ccccc2)CC1. The number of carbonyl (C=O) groups excluding carboxylic acids is 1. The van der Waals surface area contributed by atoms with Crippen molar-refractivity contribution >= 4 is 23.6 Å². The predicted octanol–water partition coefficient (Wildman–Crippen LogP) is 3.37. The van der Waals surface area contributed by atoms with Crippen LogP contribution in [0.15, 0.2) is 59.5 Å². The molecule has 4 nitrogen and oxygen atoms in total. The van der Waals surface area contributed by atoms with Gasteiger partial charge in [0.05, 0.1) is 12.0 Å². The lowest BCUT2D eigenvalue weighted by Crippen LogP contribution is -2.32. The third-order valence-electron chi connectivity index (χ3n) is 4.06. The van der Waals surface area contributed by atoms with E-state index in [0.717, 1.165) is 18.4 Å². The molecule has 2 aromatic carbocycles. The Labute approximate surface area is 145 Å². The maximum atomic E-state index is 12.1. The second-order valence-corrected chi connectivity index (χ2v) is 7.60. The normalized spacial score (nSPS) is 14.8. The molecule has 0 aliphatic heterocycles. The zero-order valence-electron chi connectivity index (χ0n) is 13.2. The average molecular weight is 341 g/mol. The fourth-order valence-electron chi connectivity index (χ4n) is 2.47. The minimum atomic E-state index is -0.959. The van der Waals surface area contributed by atoms with Crippen LogP contribution >= 0.6 is 11.8 Å². The van der Waals surface area contributed by atoms with Gasteiger partial charge in [0, 0.05) is 16.2 Å². The molecule has 0 spiro atoms. The molecule has 3 rings (SSSR count). The van der Waals surface area contributed by atoms with Crippen LogP contribution in [0.4, 0.5) is 0 Å². The number of carboxylic acid groups (broad SMARTS) is 1. The summed E-state index contributed by atoms with van der Waals surface area (Å²) >= 11 is 1.83. The number of hydrogen-bond donors (Lipinski definition) is 2. The molecule has 2 N–H and O–H groups in total. The molecule has 0 saturated heterocycles. The van der Waals surface area contributed by atoms with Gasteiger partial charge in [-0.1, -0.05) is 30.3 Å². The molecule has 1 fully saturated rings. The van der Waals surface area contributed by atoms with Crippen molar-refractivity contribution in [3.63, 3.8) is 0 Å². The average Bonchev–Trinajstić information content (AvgIpc) is 3.34. The van der Waals surface area contributed by atoms with Crippen molar-refractivity contribution in [1.29, 1.82) is 0 Å². The minimum absolute atomic E-state index is 0.0296. The van der Waals surface area contributed by atoms with Gasteiger partial charge >= 0.3 is 5.97 Å². The van der Waals surface area contributed by atoms with E-state index in [4.69, 9.17) is 5.11 Å². The summed E-state index contributed by atoms with van der Waals surface area (Å²) in [4.78, 5) is 24.2. The van der Waals surface area contributed by atoms with Crippen LogP contribution in [0.5, 0.6) is 0 Å². The first kappa shape index (κ1) is 16.6. The van der Waals surface area contributed by atoms with Crippen molar-refractivity contribution in [1.82, 2.24) is 5.32 Å². The molecule has 0 heterocycles. The molecule has 1 saturated carbocycles. The molecule has 0 unspecified atom stereocenters. The van der Waals surface area contributed by atoms with Gasteiger partial charge in [0.2, 0.25) is 5.91 Å². The Bertz CT molecular complexity index is 724. The van der Waals surface area contributed by atoms with Crippen molar-refractivity contribution in [3.05, 3.63) is 65.7 Å². The Balaban J connectivity index is 1.49. The largest absolute Gasteiger partial charge is 0.478 e. The highest BCUT2D eigenvalue weighted by Crippen LogP contribution is 2.51. The number of thioether (sulfide) groups is 1. The van der Waals surface area contributed by atoms with Crippen molar-refractivity contribution in [2.75, 3.05) is 6.54 Å². The monoisotopic (exact) mass is 341 g/mol. The Hall–Kier alpha value is -2.27. The molecule has 2 aromatic rings. The lowest BCUT2D eigenvalue weighted by atomic mass is 10.1. The Kier molecular flexibility index (Phi) is 4.90. The van der Waals surface area contributed by atoms with Gasteiger partial charge in [0.1, 0.15) is 0 Å². The summed E-state index contributed by atoms with van der Waals surface area (Å²) < 4.78 is 0.129. The van der Waals surface area contributed by atoms with Crippen molar-refractivity contribution in [2.24, 2.45) is 0 Å². The van der Waals surface area contributed by atoms with Crippen LogP contribution in [-0.2, 0) is 11.2 Å². The van der Waals surface area contributed by atoms with Gasteiger partial charge in [-0.2, -0.15) is 0 Å². The molecule has 5 heteroatoms. The molecule has 0 aromatic heterocycles. The van der Waals surface area contributed by atoms with E-state index in [-0.39, 0.29) is 22.6 Å². The Morgan fingerprint density at radius 2 is 1.71 bits per heavy atom. The van der Waals surface area contributed by atoms with Crippen molar-refractivity contribution < 1.29 is 14.7 Å². The number of aromatic carboxylic acids is 1. The van der Waals surface area contributed by atoms with Crippen molar-refractivity contribution in [2.45, 2.75) is 28.9 Å². The third kappa shape index (κ3) is 4.38. The van der Waals surface area contributed by atoms with Crippen LogP contribution in [0.2, 0.25) is 0 Å². The third-order valence-corrected chi connectivity index (χ3v) is 5.55. The van der Waals surface area contributed by atoms with Crippen LogP contribution in [0.1, 0.15) is 28.8 Å². The highest BCUT2D eigenvalue weighted by atomic mass is 32.2. The zero-order chi connectivity index (χ0) is 17.0. The summed E-state index contributed by atoms with van der Waals surface area (Å²) in [5, 5.41) is 11.9. The number of nitrogens with one attached hydrogen (secondary N) is 1.